The lowest BCUT2D eigenvalue weighted by Gasteiger charge is -2.26. The van der Waals surface area contributed by atoms with E-state index in [0.29, 0.717) is 19.5 Å². The second kappa shape index (κ2) is 10.5. The minimum absolute atomic E-state index is 0.224. The zero-order valence-corrected chi connectivity index (χ0v) is 17.3. The molecular formula is C23H30N4O2. The minimum Gasteiger partial charge on any atom is -0.497 e. The lowest BCUT2D eigenvalue weighted by Crippen LogP contribution is -2.37. The van der Waals surface area contributed by atoms with Gasteiger partial charge in [0, 0.05) is 31.7 Å². The van der Waals surface area contributed by atoms with Crippen molar-refractivity contribution in [3.05, 3.63) is 59.7 Å². The van der Waals surface area contributed by atoms with Crippen LogP contribution < -0.4 is 20.3 Å². The number of aliphatic imine (C=N–C) groups is 1. The van der Waals surface area contributed by atoms with Crippen LogP contribution >= 0.6 is 0 Å². The van der Waals surface area contributed by atoms with Gasteiger partial charge in [0.15, 0.2) is 5.96 Å². The number of amides is 1. The SMILES string of the molecule is CCNC(=NCc1ccc(OC)cc1)NCc1ccc(N2CCCCC2=O)cc1. The first-order valence-electron chi connectivity index (χ1n) is 10.2. The highest BCUT2D eigenvalue weighted by Crippen LogP contribution is 2.21. The number of hydrogen-bond donors (Lipinski definition) is 2. The van der Waals surface area contributed by atoms with Crippen LogP contribution in [0.5, 0.6) is 5.75 Å². The minimum atomic E-state index is 0.224. The molecule has 6 nitrogen and oxygen atoms in total. The Morgan fingerprint density at radius 2 is 1.76 bits per heavy atom. The molecule has 1 fully saturated rings. The number of ether oxygens (including phenoxy) is 1. The highest BCUT2D eigenvalue weighted by Gasteiger charge is 2.19. The topological polar surface area (TPSA) is 66.0 Å². The van der Waals surface area contributed by atoms with Crippen molar-refractivity contribution in [2.24, 2.45) is 4.99 Å². The van der Waals surface area contributed by atoms with Crippen LogP contribution in [0.3, 0.4) is 0 Å². The molecular weight excluding hydrogens is 364 g/mol. The van der Waals surface area contributed by atoms with Crippen LogP contribution in [0.1, 0.15) is 37.3 Å². The normalized spacial score (nSPS) is 14.6. The molecule has 1 saturated heterocycles. The number of benzene rings is 2. The summed E-state index contributed by atoms with van der Waals surface area (Å²) in [4.78, 5) is 18.6. The Kier molecular flexibility index (Phi) is 7.50. The molecule has 1 amide bonds. The predicted molar refractivity (Wildman–Crippen MR) is 117 cm³/mol. The number of methoxy groups -OCH3 is 1. The molecule has 29 heavy (non-hydrogen) atoms. The second-order valence-electron chi connectivity index (χ2n) is 7.07. The van der Waals surface area contributed by atoms with Gasteiger partial charge in [0.2, 0.25) is 5.91 Å². The Morgan fingerprint density at radius 1 is 1.03 bits per heavy atom. The molecule has 0 radical (unpaired) electrons. The van der Waals surface area contributed by atoms with Gasteiger partial charge in [0.25, 0.3) is 0 Å². The van der Waals surface area contributed by atoms with Crippen molar-refractivity contribution in [3.63, 3.8) is 0 Å². The van der Waals surface area contributed by atoms with Crippen LogP contribution in [0.25, 0.3) is 0 Å². The molecule has 1 heterocycles. The van der Waals surface area contributed by atoms with E-state index in [9.17, 15) is 4.79 Å². The molecule has 6 heteroatoms. The third kappa shape index (κ3) is 5.98. The molecule has 0 aliphatic carbocycles. The molecule has 2 aromatic rings. The van der Waals surface area contributed by atoms with Crippen LogP contribution in [0.4, 0.5) is 5.69 Å². The first-order valence-corrected chi connectivity index (χ1v) is 10.2. The van der Waals surface area contributed by atoms with Crippen molar-refractivity contribution < 1.29 is 9.53 Å². The standard InChI is InChI=1S/C23H30N4O2/c1-3-24-23(26-17-19-9-13-21(29-2)14-10-19)25-16-18-7-11-20(12-8-18)27-15-5-4-6-22(27)28/h7-14H,3-6,15-17H2,1-2H3,(H2,24,25,26). The maximum atomic E-state index is 12.1. The predicted octanol–water partition coefficient (Wildman–Crippen LogP) is 3.47. The zero-order chi connectivity index (χ0) is 20.5. The van der Waals surface area contributed by atoms with Gasteiger partial charge in [-0.15, -0.1) is 0 Å². The number of nitrogens with zero attached hydrogens (tertiary/aromatic N) is 2. The van der Waals surface area contributed by atoms with E-state index < -0.39 is 0 Å². The molecule has 0 atom stereocenters. The summed E-state index contributed by atoms with van der Waals surface area (Å²) in [6.45, 7) is 4.93. The van der Waals surface area contributed by atoms with Gasteiger partial charge in [-0.1, -0.05) is 24.3 Å². The number of guanidine groups is 1. The Labute approximate surface area is 173 Å². The van der Waals surface area contributed by atoms with Crippen molar-refractivity contribution in [2.75, 3.05) is 25.1 Å². The van der Waals surface area contributed by atoms with E-state index in [1.807, 2.05) is 41.3 Å². The summed E-state index contributed by atoms with van der Waals surface area (Å²) in [6, 6.07) is 16.1. The number of hydrogen-bond acceptors (Lipinski definition) is 3. The molecule has 0 aromatic heterocycles. The van der Waals surface area contributed by atoms with E-state index in [1.54, 1.807) is 7.11 Å². The van der Waals surface area contributed by atoms with E-state index in [4.69, 9.17) is 4.74 Å². The first kappa shape index (κ1) is 20.7. The number of nitrogens with one attached hydrogen (secondary N) is 2. The van der Waals surface area contributed by atoms with Crippen molar-refractivity contribution in [2.45, 2.75) is 39.3 Å². The molecule has 3 rings (SSSR count). The summed E-state index contributed by atoms with van der Waals surface area (Å²) in [5.41, 5.74) is 3.25. The average molecular weight is 395 g/mol. The number of rotatable bonds is 7. The monoisotopic (exact) mass is 394 g/mol. The van der Waals surface area contributed by atoms with Crippen LogP contribution in [-0.2, 0) is 17.9 Å². The zero-order valence-electron chi connectivity index (χ0n) is 17.3. The van der Waals surface area contributed by atoms with Crippen molar-refractivity contribution in [1.82, 2.24) is 10.6 Å². The molecule has 1 aliphatic rings. The third-order valence-electron chi connectivity index (χ3n) is 4.95. The third-order valence-corrected chi connectivity index (χ3v) is 4.95. The van der Waals surface area contributed by atoms with E-state index in [-0.39, 0.29) is 5.91 Å². The van der Waals surface area contributed by atoms with Crippen LogP contribution in [0.15, 0.2) is 53.5 Å². The van der Waals surface area contributed by atoms with E-state index >= 15 is 0 Å². The Morgan fingerprint density at radius 3 is 2.41 bits per heavy atom. The second-order valence-corrected chi connectivity index (χ2v) is 7.07. The molecule has 0 unspecified atom stereocenters. The first-order chi connectivity index (χ1) is 14.2. The van der Waals surface area contributed by atoms with Gasteiger partial charge < -0.3 is 20.3 Å². The van der Waals surface area contributed by atoms with Gasteiger partial charge in [-0.25, -0.2) is 4.99 Å². The fourth-order valence-electron chi connectivity index (χ4n) is 3.30. The molecule has 2 aromatic carbocycles. The molecule has 1 aliphatic heterocycles. The summed E-state index contributed by atoms with van der Waals surface area (Å²) in [6.07, 6.45) is 2.73. The van der Waals surface area contributed by atoms with E-state index in [0.717, 1.165) is 54.5 Å². The molecule has 0 spiro atoms. The molecule has 2 N–H and O–H groups in total. The van der Waals surface area contributed by atoms with Crippen LogP contribution in [-0.4, -0.2) is 32.1 Å². The lowest BCUT2D eigenvalue weighted by atomic mass is 10.1. The van der Waals surface area contributed by atoms with Gasteiger partial charge in [-0.05, 0) is 55.2 Å². The van der Waals surface area contributed by atoms with Gasteiger partial charge in [-0.3, -0.25) is 4.79 Å². The summed E-state index contributed by atoms with van der Waals surface area (Å²) in [5, 5.41) is 6.65. The largest absolute Gasteiger partial charge is 0.497 e. The fourth-order valence-corrected chi connectivity index (χ4v) is 3.30. The molecule has 154 valence electrons. The smallest absolute Gasteiger partial charge is 0.226 e. The number of piperidine rings is 1. The number of anilines is 1. The summed E-state index contributed by atoms with van der Waals surface area (Å²) >= 11 is 0. The Hall–Kier alpha value is -3.02. The van der Waals surface area contributed by atoms with Crippen LogP contribution in [0, 0.1) is 0 Å². The van der Waals surface area contributed by atoms with Crippen molar-refractivity contribution >= 4 is 17.6 Å². The quantitative estimate of drug-likeness (QED) is 0.557. The molecule has 0 saturated carbocycles. The van der Waals surface area contributed by atoms with E-state index in [2.05, 4.69) is 34.7 Å². The highest BCUT2D eigenvalue weighted by atomic mass is 16.5. The lowest BCUT2D eigenvalue weighted by molar-refractivity contribution is -0.119. The van der Waals surface area contributed by atoms with E-state index in [1.165, 1.54) is 0 Å². The van der Waals surface area contributed by atoms with Gasteiger partial charge in [-0.2, -0.15) is 0 Å². The average Bonchev–Trinajstić information content (AvgIpc) is 2.77. The van der Waals surface area contributed by atoms with Gasteiger partial charge in [0.05, 0.1) is 13.7 Å². The number of carbonyl (C=O) groups excluding carboxylic acids is 1. The van der Waals surface area contributed by atoms with Gasteiger partial charge >= 0.3 is 0 Å². The summed E-state index contributed by atoms with van der Waals surface area (Å²) in [5.74, 6) is 1.85. The van der Waals surface area contributed by atoms with Crippen molar-refractivity contribution in [3.8, 4) is 5.75 Å². The highest BCUT2D eigenvalue weighted by molar-refractivity contribution is 5.93. The maximum Gasteiger partial charge on any atom is 0.226 e. The number of carbonyl (C=O) groups is 1. The maximum absolute atomic E-state index is 12.1. The molecule has 0 bridgehead atoms. The van der Waals surface area contributed by atoms with Crippen LogP contribution in [0.2, 0.25) is 0 Å². The van der Waals surface area contributed by atoms with Crippen molar-refractivity contribution in [1.29, 1.82) is 0 Å². The summed E-state index contributed by atoms with van der Waals surface area (Å²) in [7, 11) is 1.66. The summed E-state index contributed by atoms with van der Waals surface area (Å²) < 4.78 is 5.19. The van der Waals surface area contributed by atoms with Gasteiger partial charge in [0.1, 0.15) is 5.75 Å². The fraction of sp³-hybridized carbons (Fsp3) is 0.391. The Bertz CT molecular complexity index is 816. The Balaban J connectivity index is 1.57.